The molecule has 6 heteroatoms. The molecule has 0 aromatic heterocycles. The van der Waals surface area contributed by atoms with E-state index in [2.05, 4.69) is 10.6 Å². The largest absolute Gasteiger partial charge is 0.457 e. The Balaban J connectivity index is 1.32. The predicted octanol–water partition coefficient (Wildman–Crippen LogP) is 4.91. The Bertz CT molecular complexity index is 1020. The Kier molecular flexibility index (Phi) is 6.47. The third-order valence-corrected chi connectivity index (χ3v) is 5.25. The molecule has 3 aromatic carbocycles. The summed E-state index contributed by atoms with van der Waals surface area (Å²) in [6.45, 7) is 1.18. The number of anilines is 1. The number of para-hydroxylation sites is 3. The van der Waals surface area contributed by atoms with Crippen molar-refractivity contribution in [3.63, 3.8) is 0 Å². The Labute approximate surface area is 181 Å². The van der Waals surface area contributed by atoms with E-state index in [9.17, 15) is 9.59 Å². The number of nitrogens with one attached hydrogen (secondary N) is 2. The maximum Gasteiger partial charge on any atom is 0.321 e. The first-order valence-electron chi connectivity index (χ1n) is 10.4. The lowest BCUT2D eigenvalue weighted by Crippen LogP contribution is -2.47. The number of hydrogen-bond donors (Lipinski definition) is 2. The number of amides is 3. The van der Waals surface area contributed by atoms with Gasteiger partial charge in [-0.2, -0.15) is 0 Å². The summed E-state index contributed by atoms with van der Waals surface area (Å²) >= 11 is 0. The van der Waals surface area contributed by atoms with Gasteiger partial charge < -0.3 is 20.3 Å². The van der Waals surface area contributed by atoms with E-state index in [0.29, 0.717) is 43.0 Å². The molecule has 1 saturated heterocycles. The fraction of sp³-hybridized carbons (Fsp3) is 0.200. The fourth-order valence-corrected chi connectivity index (χ4v) is 3.57. The molecule has 158 valence electrons. The molecule has 4 rings (SSSR count). The van der Waals surface area contributed by atoms with Gasteiger partial charge in [0.1, 0.15) is 11.5 Å². The van der Waals surface area contributed by atoms with Gasteiger partial charge in [-0.15, -0.1) is 0 Å². The molecule has 1 heterocycles. The van der Waals surface area contributed by atoms with Crippen LogP contribution >= 0.6 is 0 Å². The van der Waals surface area contributed by atoms with E-state index in [1.54, 1.807) is 17.0 Å². The number of urea groups is 1. The van der Waals surface area contributed by atoms with E-state index >= 15 is 0 Å². The summed E-state index contributed by atoms with van der Waals surface area (Å²) in [5.74, 6) is 1.03. The van der Waals surface area contributed by atoms with Crippen LogP contribution in [-0.2, 0) is 0 Å². The van der Waals surface area contributed by atoms with E-state index in [1.165, 1.54) is 0 Å². The molecule has 0 bridgehead atoms. The summed E-state index contributed by atoms with van der Waals surface area (Å²) in [5.41, 5.74) is 1.27. The molecule has 31 heavy (non-hydrogen) atoms. The van der Waals surface area contributed by atoms with Crippen molar-refractivity contribution < 1.29 is 14.3 Å². The van der Waals surface area contributed by atoms with Crippen LogP contribution in [0.25, 0.3) is 0 Å². The molecule has 1 aliphatic rings. The third kappa shape index (κ3) is 5.42. The molecule has 0 unspecified atom stereocenters. The maximum absolute atomic E-state index is 12.9. The van der Waals surface area contributed by atoms with E-state index in [1.807, 2.05) is 72.8 Å². The molecule has 3 amide bonds. The molecular weight excluding hydrogens is 390 g/mol. The van der Waals surface area contributed by atoms with Gasteiger partial charge >= 0.3 is 6.03 Å². The number of nitrogens with zero attached hydrogens (tertiary/aromatic N) is 1. The zero-order valence-electron chi connectivity index (χ0n) is 17.2. The average molecular weight is 415 g/mol. The lowest BCUT2D eigenvalue weighted by molar-refractivity contribution is 0.0917. The first-order valence-corrected chi connectivity index (χ1v) is 10.4. The first-order chi connectivity index (χ1) is 15.2. The lowest BCUT2D eigenvalue weighted by atomic mass is 10.0. The van der Waals surface area contributed by atoms with Crippen LogP contribution in [0.5, 0.6) is 11.5 Å². The van der Waals surface area contributed by atoms with Gasteiger partial charge in [-0.1, -0.05) is 48.5 Å². The number of ether oxygens (including phenoxy) is 1. The summed E-state index contributed by atoms with van der Waals surface area (Å²) in [6, 6.07) is 25.9. The van der Waals surface area contributed by atoms with E-state index < -0.39 is 0 Å². The van der Waals surface area contributed by atoms with Gasteiger partial charge in [0, 0.05) is 24.8 Å². The molecule has 2 N–H and O–H groups in total. The SMILES string of the molecule is O=C(NC1CCN(C(=O)Nc2ccccc2)CC1)c1ccccc1Oc1ccccc1. The van der Waals surface area contributed by atoms with Crippen LogP contribution in [0.4, 0.5) is 10.5 Å². The van der Waals surface area contributed by atoms with Crippen molar-refractivity contribution in [2.75, 3.05) is 18.4 Å². The van der Waals surface area contributed by atoms with Crippen LogP contribution in [0.3, 0.4) is 0 Å². The molecule has 3 aromatic rings. The maximum atomic E-state index is 12.9. The molecule has 0 radical (unpaired) electrons. The minimum absolute atomic E-state index is 0.0121. The van der Waals surface area contributed by atoms with Gasteiger partial charge in [-0.25, -0.2) is 4.79 Å². The van der Waals surface area contributed by atoms with Gasteiger partial charge in [0.25, 0.3) is 5.91 Å². The summed E-state index contributed by atoms with van der Waals surface area (Å²) in [5, 5.41) is 6.00. The van der Waals surface area contributed by atoms with Gasteiger partial charge in [-0.3, -0.25) is 4.79 Å². The van der Waals surface area contributed by atoms with Crippen LogP contribution in [0.1, 0.15) is 23.2 Å². The Morgan fingerprint density at radius 3 is 2.13 bits per heavy atom. The number of rotatable bonds is 5. The van der Waals surface area contributed by atoms with Crippen molar-refractivity contribution in [3.05, 3.63) is 90.5 Å². The minimum atomic E-state index is -0.168. The van der Waals surface area contributed by atoms with Crippen molar-refractivity contribution in [1.82, 2.24) is 10.2 Å². The van der Waals surface area contributed by atoms with E-state index in [-0.39, 0.29) is 18.0 Å². The monoisotopic (exact) mass is 415 g/mol. The second-order valence-electron chi connectivity index (χ2n) is 7.44. The summed E-state index contributed by atoms with van der Waals surface area (Å²) in [7, 11) is 0. The highest BCUT2D eigenvalue weighted by molar-refractivity contribution is 5.97. The molecule has 1 fully saturated rings. The standard InChI is InChI=1S/C25H25N3O3/c29-24(22-13-7-8-14-23(22)31-21-11-5-2-6-12-21)26-20-15-17-28(18-16-20)25(30)27-19-9-3-1-4-10-19/h1-14,20H,15-18H2,(H,26,29)(H,27,30). The average Bonchev–Trinajstić information content (AvgIpc) is 2.81. The van der Waals surface area contributed by atoms with Crippen molar-refractivity contribution in [2.24, 2.45) is 0 Å². The van der Waals surface area contributed by atoms with Gasteiger partial charge in [0.05, 0.1) is 5.56 Å². The van der Waals surface area contributed by atoms with Crippen LogP contribution < -0.4 is 15.4 Å². The summed E-state index contributed by atoms with van der Waals surface area (Å²) in [4.78, 5) is 27.1. The topological polar surface area (TPSA) is 70.7 Å². The second-order valence-corrected chi connectivity index (χ2v) is 7.44. The molecule has 1 aliphatic heterocycles. The van der Waals surface area contributed by atoms with Gasteiger partial charge in [-0.05, 0) is 49.2 Å². The number of carbonyl (C=O) groups is 2. The highest BCUT2D eigenvalue weighted by Crippen LogP contribution is 2.25. The highest BCUT2D eigenvalue weighted by atomic mass is 16.5. The van der Waals surface area contributed by atoms with Crippen molar-refractivity contribution >= 4 is 17.6 Å². The van der Waals surface area contributed by atoms with Crippen LogP contribution in [0, 0.1) is 0 Å². The van der Waals surface area contributed by atoms with Crippen molar-refractivity contribution in [1.29, 1.82) is 0 Å². The molecule has 0 aliphatic carbocycles. The molecule has 0 atom stereocenters. The zero-order chi connectivity index (χ0) is 21.5. The summed E-state index contributed by atoms with van der Waals surface area (Å²) in [6.07, 6.45) is 1.41. The van der Waals surface area contributed by atoms with Gasteiger partial charge in [0.15, 0.2) is 0 Å². The molecule has 0 saturated carbocycles. The Morgan fingerprint density at radius 2 is 1.42 bits per heavy atom. The summed E-state index contributed by atoms with van der Waals surface area (Å²) < 4.78 is 5.90. The predicted molar refractivity (Wildman–Crippen MR) is 120 cm³/mol. The number of hydrogen-bond acceptors (Lipinski definition) is 3. The van der Waals surface area contributed by atoms with E-state index in [0.717, 1.165) is 5.69 Å². The van der Waals surface area contributed by atoms with E-state index in [4.69, 9.17) is 4.74 Å². The molecule has 6 nitrogen and oxygen atoms in total. The normalized spacial score (nSPS) is 14.0. The van der Waals surface area contributed by atoms with Crippen LogP contribution in [0.15, 0.2) is 84.9 Å². The van der Waals surface area contributed by atoms with Crippen molar-refractivity contribution in [3.8, 4) is 11.5 Å². The number of benzene rings is 3. The quantitative estimate of drug-likeness (QED) is 0.622. The first kappa shape index (κ1) is 20.5. The molecule has 0 spiro atoms. The smallest absolute Gasteiger partial charge is 0.321 e. The second kappa shape index (κ2) is 9.80. The third-order valence-electron chi connectivity index (χ3n) is 5.25. The minimum Gasteiger partial charge on any atom is -0.457 e. The Hall–Kier alpha value is -3.80. The zero-order valence-corrected chi connectivity index (χ0v) is 17.2. The van der Waals surface area contributed by atoms with Crippen molar-refractivity contribution in [2.45, 2.75) is 18.9 Å². The number of carbonyl (C=O) groups excluding carboxylic acids is 2. The van der Waals surface area contributed by atoms with Crippen LogP contribution in [0.2, 0.25) is 0 Å². The fourth-order valence-electron chi connectivity index (χ4n) is 3.57. The lowest BCUT2D eigenvalue weighted by Gasteiger charge is -2.32. The number of likely N-dealkylation sites (tertiary alicyclic amines) is 1. The number of piperidine rings is 1. The Morgan fingerprint density at radius 1 is 0.806 bits per heavy atom. The van der Waals surface area contributed by atoms with Crippen LogP contribution in [-0.4, -0.2) is 36.0 Å². The van der Waals surface area contributed by atoms with Gasteiger partial charge in [0.2, 0.25) is 0 Å². The molecular formula is C25H25N3O3. The highest BCUT2D eigenvalue weighted by Gasteiger charge is 2.25.